The molecule has 0 aliphatic carbocycles. The number of ether oxygens (including phenoxy) is 1. The van der Waals surface area contributed by atoms with Gasteiger partial charge in [0.15, 0.2) is 11.6 Å². The van der Waals surface area contributed by atoms with Gasteiger partial charge in [-0.15, -0.1) is 0 Å². The summed E-state index contributed by atoms with van der Waals surface area (Å²) >= 11 is 0. The van der Waals surface area contributed by atoms with E-state index in [4.69, 9.17) is 4.74 Å². The fraction of sp³-hybridized carbons (Fsp3) is 0.467. The number of fused-ring (bicyclic) bond motifs is 1. The highest BCUT2D eigenvalue weighted by molar-refractivity contribution is 8.28. The van der Waals surface area contributed by atoms with Crippen LogP contribution in [0.3, 0.4) is 0 Å². The molecule has 0 radical (unpaired) electrons. The molecule has 1 aliphatic heterocycles. The van der Waals surface area contributed by atoms with Crippen LogP contribution in [0.2, 0.25) is 0 Å². The first kappa shape index (κ1) is 19.5. The molecule has 1 aliphatic rings. The Bertz CT molecular complexity index is 682. The maximum atomic E-state index is 13.0. The van der Waals surface area contributed by atoms with Crippen LogP contribution >= 0.6 is 10.8 Å². The van der Waals surface area contributed by atoms with Crippen LogP contribution in [-0.4, -0.2) is 39.7 Å². The van der Waals surface area contributed by atoms with Gasteiger partial charge >= 0.3 is 5.97 Å². The molecule has 140 valence electrons. The Balaban J connectivity index is 2.65. The van der Waals surface area contributed by atoms with Gasteiger partial charge in [0.1, 0.15) is 11.4 Å². The van der Waals surface area contributed by atoms with Crippen LogP contribution in [0.15, 0.2) is 23.2 Å². The number of carbonyl (C=O) groups is 1. The van der Waals surface area contributed by atoms with E-state index in [0.29, 0.717) is 4.31 Å². The third-order valence-electron chi connectivity index (χ3n) is 3.46. The van der Waals surface area contributed by atoms with Crippen LogP contribution < -0.4 is 4.31 Å². The Kier molecular flexibility index (Phi) is 5.96. The summed E-state index contributed by atoms with van der Waals surface area (Å²) in [6, 6.07) is 2.92. The number of aromatic nitrogens is 1. The van der Waals surface area contributed by atoms with E-state index >= 15 is 0 Å². The van der Waals surface area contributed by atoms with E-state index in [1.165, 1.54) is 18.3 Å². The van der Waals surface area contributed by atoms with Crippen LogP contribution in [0.4, 0.5) is 19.0 Å². The molecule has 0 amide bonds. The molecule has 10 heteroatoms. The zero-order valence-electron chi connectivity index (χ0n) is 13.7. The van der Waals surface area contributed by atoms with Crippen molar-refractivity contribution < 1.29 is 31.8 Å². The summed E-state index contributed by atoms with van der Waals surface area (Å²) in [5.74, 6) is -1.58. The molecular formula is C15H19F3N2O4S. The van der Waals surface area contributed by atoms with Crippen molar-refractivity contribution in [3.63, 3.8) is 0 Å². The number of rotatable bonds is 6. The van der Waals surface area contributed by atoms with E-state index < -0.39 is 48.7 Å². The van der Waals surface area contributed by atoms with Crippen molar-refractivity contribution in [2.24, 2.45) is 5.92 Å². The monoisotopic (exact) mass is 380 g/mol. The molecule has 2 N–H and O–H groups in total. The molecule has 25 heavy (non-hydrogen) atoms. The molecule has 1 aromatic heterocycles. The predicted molar refractivity (Wildman–Crippen MR) is 88.9 cm³/mol. The number of anilines is 1. The van der Waals surface area contributed by atoms with Crippen molar-refractivity contribution >= 4 is 28.3 Å². The number of carbonyl (C=O) groups excluding carboxylic acids is 1. The minimum Gasteiger partial charge on any atom is -0.424 e. The Morgan fingerprint density at radius 1 is 1.40 bits per heavy atom. The molecule has 0 unspecified atom stereocenters. The molecule has 2 heterocycles. The first-order chi connectivity index (χ1) is 11.7. The molecule has 6 nitrogen and oxygen atoms in total. The van der Waals surface area contributed by atoms with Crippen molar-refractivity contribution in [2.75, 3.05) is 17.5 Å². The van der Waals surface area contributed by atoms with Crippen molar-refractivity contribution in [2.45, 2.75) is 26.7 Å². The Labute approximate surface area is 144 Å². The van der Waals surface area contributed by atoms with Crippen molar-refractivity contribution in [1.82, 2.24) is 4.98 Å². The fourth-order valence-corrected chi connectivity index (χ4v) is 4.01. The van der Waals surface area contributed by atoms with Gasteiger partial charge in [0.25, 0.3) is 6.43 Å². The summed E-state index contributed by atoms with van der Waals surface area (Å²) in [5, 5.41) is 0. The minimum absolute atomic E-state index is 0.131. The van der Waals surface area contributed by atoms with Crippen molar-refractivity contribution in [1.29, 1.82) is 0 Å². The van der Waals surface area contributed by atoms with Gasteiger partial charge in [-0.1, -0.05) is 24.6 Å². The van der Waals surface area contributed by atoms with Gasteiger partial charge < -0.3 is 4.74 Å². The molecule has 0 atom stereocenters. The summed E-state index contributed by atoms with van der Waals surface area (Å²) in [6.07, 6.45) is -2.07. The highest BCUT2D eigenvalue weighted by Gasteiger charge is 2.41. The average molecular weight is 380 g/mol. The summed E-state index contributed by atoms with van der Waals surface area (Å²) in [4.78, 5) is 15.6. The molecule has 1 aromatic rings. The van der Waals surface area contributed by atoms with E-state index in [-0.39, 0.29) is 22.0 Å². The van der Waals surface area contributed by atoms with E-state index in [1.54, 1.807) is 13.8 Å². The van der Waals surface area contributed by atoms with Gasteiger partial charge in [-0.2, -0.15) is 0 Å². The van der Waals surface area contributed by atoms with Gasteiger partial charge in [0, 0.05) is 12.6 Å². The molecule has 0 fully saturated rings. The first-order valence-electron chi connectivity index (χ1n) is 7.50. The molecule has 0 bridgehead atoms. The van der Waals surface area contributed by atoms with Crippen LogP contribution in [0.5, 0.6) is 0 Å². The number of allylic oxidation sites excluding steroid dienone is 1. The number of hydrogen-bond donors (Lipinski definition) is 2. The first-order valence-corrected chi connectivity index (χ1v) is 9.00. The Morgan fingerprint density at radius 3 is 2.64 bits per heavy atom. The average Bonchev–Trinajstić information content (AvgIpc) is 2.54. The lowest BCUT2D eigenvalue weighted by molar-refractivity contribution is -0.140. The number of pyridine rings is 1. The number of nitrogens with zero attached hydrogens (tertiary/aromatic N) is 2. The van der Waals surface area contributed by atoms with E-state index in [9.17, 15) is 27.1 Å². The minimum atomic E-state index is -4.00. The predicted octanol–water partition coefficient (Wildman–Crippen LogP) is 4.06. The summed E-state index contributed by atoms with van der Waals surface area (Å²) in [5.41, 5.74) is 0.131. The Hall–Kier alpha value is -1.78. The normalized spacial score (nSPS) is 17.7. The van der Waals surface area contributed by atoms with Crippen LogP contribution in [0, 0.1) is 5.92 Å². The van der Waals surface area contributed by atoms with Crippen LogP contribution in [0.25, 0.3) is 5.76 Å². The second-order valence-corrected chi connectivity index (χ2v) is 7.58. The zero-order valence-corrected chi connectivity index (χ0v) is 14.5. The molecule has 0 aromatic carbocycles. The fourth-order valence-electron chi connectivity index (χ4n) is 2.28. The lowest BCUT2D eigenvalue weighted by Gasteiger charge is -2.48. The maximum absolute atomic E-state index is 13.0. The molecule has 0 spiro atoms. The lowest BCUT2D eigenvalue weighted by Crippen LogP contribution is -2.37. The van der Waals surface area contributed by atoms with Crippen LogP contribution in [-0.2, 0) is 9.53 Å². The maximum Gasteiger partial charge on any atom is 0.313 e. The molecule has 0 saturated heterocycles. The topological polar surface area (TPSA) is 82.9 Å². The third kappa shape index (κ3) is 3.91. The van der Waals surface area contributed by atoms with Crippen LogP contribution in [0.1, 0.15) is 25.8 Å². The molecule has 2 rings (SSSR count). The van der Waals surface area contributed by atoms with Gasteiger partial charge in [0.2, 0.25) is 0 Å². The standard InChI is InChI=1S/C15H19F3N2O4S/c1-9(2)15(21)24-13-10-4-3-7-19-14(10)20(8-12(17)18)25(22,23)11(13)5-6-16/h3-4,7,9,12,22-23H,5-6,8H2,1-2H3. The van der Waals surface area contributed by atoms with E-state index in [2.05, 4.69) is 4.98 Å². The summed E-state index contributed by atoms with van der Waals surface area (Å²) in [6.45, 7) is 1.16. The quantitative estimate of drug-likeness (QED) is 0.724. The smallest absolute Gasteiger partial charge is 0.313 e. The number of alkyl halides is 3. The summed E-state index contributed by atoms with van der Waals surface area (Å²) in [7, 11) is -4.00. The largest absolute Gasteiger partial charge is 0.424 e. The van der Waals surface area contributed by atoms with Crippen molar-refractivity contribution in [3.8, 4) is 0 Å². The second kappa shape index (κ2) is 7.63. The summed E-state index contributed by atoms with van der Waals surface area (Å²) < 4.78 is 65.8. The molecular weight excluding hydrogens is 361 g/mol. The van der Waals surface area contributed by atoms with Gasteiger partial charge in [-0.25, -0.2) is 18.1 Å². The highest BCUT2D eigenvalue weighted by atomic mass is 32.3. The van der Waals surface area contributed by atoms with Gasteiger partial charge in [-0.05, 0) is 12.1 Å². The van der Waals surface area contributed by atoms with Crippen molar-refractivity contribution in [3.05, 3.63) is 28.8 Å². The Morgan fingerprint density at radius 2 is 2.08 bits per heavy atom. The molecule has 0 saturated carbocycles. The lowest BCUT2D eigenvalue weighted by atomic mass is 10.1. The third-order valence-corrected chi connectivity index (χ3v) is 5.45. The van der Waals surface area contributed by atoms with Gasteiger partial charge in [-0.3, -0.25) is 18.3 Å². The number of halogens is 3. The zero-order chi connectivity index (χ0) is 18.8. The van der Waals surface area contributed by atoms with E-state index in [1.807, 2.05) is 0 Å². The number of esters is 1. The highest BCUT2D eigenvalue weighted by Crippen LogP contribution is 2.61. The number of hydrogen-bond acceptors (Lipinski definition) is 6. The van der Waals surface area contributed by atoms with E-state index in [0.717, 1.165) is 0 Å². The SMILES string of the molecule is CC(C)C(=O)OC1=C(CCF)S(O)(O)N(CC(F)F)c2ncccc21. The second-order valence-electron chi connectivity index (χ2n) is 5.61. The van der Waals surface area contributed by atoms with Gasteiger partial charge in [0.05, 0.1) is 18.2 Å².